The Bertz CT molecular complexity index is 143. The minimum absolute atomic E-state index is 1.17. The standard InChI is InChI=1S/C6H11.Na.H3O4P/c1-2-4-6-5-3-1;;1-5(2,3)4/h1H,2-6H2;;(H3,1,2,3,4). The van der Waals surface area contributed by atoms with Crippen molar-refractivity contribution in [3.05, 3.63) is 0 Å². The van der Waals surface area contributed by atoms with Gasteiger partial charge in [0.1, 0.15) is 0 Å². The van der Waals surface area contributed by atoms with E-state index < -0.39 is 7.82 Å². The van der Waals surface area contributed by atoms with Crippen LogP contribution < -0.4 is 0 Å². The van der Waals surface area contributed by atoms with Crippen LogP contribution in [0.2, 0.25) is 3.17 Å². The van der Waals surface area contributed by atoms with E-state index in [4.69, 9.17) is 19.2 Å². The first kappa shape index (κ1) is 13.1. The monoisotopic (exact) mass is 204 g/mol. The van der Waals surface area contributed by atoms with E-state index in [1.165, 1.54) is 50.4 Å². The molecule has 0 aromatic heterocycles. The van der Waals surface area contributed by atoms with Crippen molar-refractivity contribution in [2.24, 2.45) is 0 Å². The van der Waals surface area contributed by atoms with Crippen molar-refractivity contribution in [3.63, 3.8) is 0 Å². The molecule has 1 rings (SSSR count). The minimum atomic E-state index is -4.64. The zero-order chi connectivity index (χ0) is 9.61. The van der Waals surface area contributed by atoms with Crippen LogP contribution in [0.15, 0.2) is 0 Å². The van der Waals surface area contributed by atoms with Crippen LogP contribution in [0.1, 0.15) is 32.1 Å². The normalized spacial score (nSPS) is 19.8. The van der Waals surface area contributed by atoms with Crippen molar-refractivity contribution in [2.45, 2.75) is 35.3 Å². The Hall–Kier alpha value is 1.11. The summed E-state index contributed by atoms with van der Waals surface area (Å²) in [5.74, 6) is 0. The van der Waals surface area contributed by atoms with Gasteiger partial charge < -0.3 is 14.7 Å². The Morgan fingerprint density at radius 3 is 1.58 bits per heavy atom. The van der Waals surface area contributed by atoms with Crippen LogP contribution in [0.3, 0.4) is 0 Å². The van der Waals surface area contributed by atoms with Crippen LogP contribution >= 0.6 is 7.82 Å². The van der Waals surface area contributed by atoms with Gasteiger partial charge in [-0.15, -0.1) is 0 Å². The topological polar surface area (TPSA) is 77.8 Å². The second-order valence-corrected chi connectivity index (χ2v) is 5.92. The van der Waals surface area contributed by atoms with Gasteiger partial charge in [-0.2, -0.15) is 0 Å². The van der Waals surface area contributed by atoms with E-state index in [1.807, 2.05) is 0 Å². The summed E-state index contributed by atoms with van der Waals surface area (Å²) in [4.78, 5) is 21.6. The van der Waals surface area contributed by atoms with Crippen molar-refractivity contribution >= 4 is 35.8 Å². The molecule has 1 aliphatic carbocycles. The van der Waals surface area contributed by atoms with Crippen molar-refractivity contribution < 1.29 is 19.2 Å². The van der Waals surface area contributed by atoms with Crippen LogP contribution in [-0.4, -0.2) is 42.6 Å². The molecule has 1 fully saturated rings. The van der Waals surface area contributed by atoms with Gasteiger partial charge in [-0.25, -0.2) is 4.57 Å². The van der Waals surface area contributed by atoms with Gasteiger partial charge in [0.2, 0.25) is 0 Å². The molecule has 4 nitrogen and oxygen atoms in total. The maximum atomic E-state index is 8.88. The summed E-state index contributed by atoms with van der Waals surface area (Å²) in [5, 5.41) is 0. The van der Waals surface area contributed by atoms with Crippen molar-refractivity contribution in [1.82, 2.24) is 0 Å². The average Bonchev–Trinajstić information content (AvgIpc) is 1.85. The molecule has 0 unspecified atom stereocenters. The number of hydrogen-bond donors (Lipinski definition) is 3. The van der Waals surface area contributed by atoms with Crippen molar-refractivity contribution in [3.8, 4) is 0 Å². The van der Waals surface area contributed by atoms with Gasteiger partial charge >= 0.3 is 71.0 Å². The van der Waals surface area contributed by atoms with Crippen LogP contribution in [0.4, 0.5) is 0 Å². The molecule has 6 heteroatoms. The molecule has 0 amide bonds. The van der Waals surface area contributed by atoms with E-state index in [0.717, 1.165) is 0 Å². The fourth-order valence-corrected chi connectivity index (χ4v) is 2.12. The summed E-state index contributed by atoms with van der Waals surface area (Å²) in [6.07, 6.45) is 7.65. The zero-order valence-corrected chi connectivity index (χ0v) is 10.2. The van der Waals surface area contributed by atoms with Gasteiger partial charge in [-0.1, -0.05) is 0 Å². The Balaban J connectivity index is 0.000000217. The fraction of sp³-hybridized carbons (Fsp3) is 1.00. The average molecular weight is 204 g/mol. The van der Waals surface area contributed by atoms with E-state index >= 15 is 0 Å². The van der Waals surface area contributed by atoms with E-state index in [2.05, 4.69) is 0 Å². The predicted molar refractivity (Wildman–Crippen MR) is 46.9 cm³/mol. The van der Waals surface area contributed by atoms with E-state index in [0.29, 0.717) is 0 Å². The van der Waals surface area contributed by atoms with E-state index in [9.17, 15) is 0 Å². The first-order valence-electron chi connectivity index (χ1n) is 4.18. The van der Waals surface area contributed by atoms with Crippen LogP contribution in [0.25, 0.3) is 0 Å². The summed E-state index contributed by atoms with van der Waals surface area (Å²) >= 11 is 1.45. The molecule has 68 valence electrons. The third-order valence-corrected chi connectivity index (χ3v) is 3.05. The van der Waals surface area contributed by atoms with Crippen LogP contribution in [0, 0.1) is 0 Å². The number of hydrogen-bond acceptors (Lipinski definition) is 1. The molecular weight excluding hydrogens is 190 g/mol. The SMILES string of the molecule is O=P(O)(O)O.[Na][CH]1CCCCC1. The summed E-state index contributed by atoms with van der Waals surface area (Å²) in [6.45, 7) is 0. The Morgan fingerprint density at radius 1 is 1.08 bits per heavy atom. The summed E-state index contributed by atoms with van der Waals surface area (Å²) in [7, 11) is -4.64. The van der Waals surface area contributed by atoms with Gasteiger partial charge in [-0.3, -0.25) is 0 Å². The van der Waals surface area contributed by atoms with Gasteiger partial charge in [0.15, 0.2) is 0 Å². The first-order valence-corrected chi connectivity index (χ1v) is 6.90. The molecule has 0 aliphatic heterocycles. The predicted octanol–water partition coefficient (Wildman–Crippen LogP) is 0.979. The second kappa shape index (κ2) is 6.55. The molecule has 12 heavy (non-hydrogen) atoms. The van der Waals surface area contributed by atoms with Gasteiger partial charge in [0.25, 0.3) is 0 Å². The van der Waals surface area contributed by atoms with Crippen LogP contribution in [-0.2, 0) is 4.57 Å². The summed E-state index contributed by atoms with van der Waals surface area (Å²) in [6, 6.07) is 0. The molecule has 0 spiro atoms. The number of rotatable bonds is 0. The molecule has 0 aromatic rings. The maximum absolute atomic E-state index is 8.88. The van der Waals surface area contributed by atoms with Crippen molar-refractivity contribution in [1.29, 1.82) is 0 Å². The van der Waals surface area contributed by atoms with Gasteiger partial charge in [0.05, 0.1) is 0 Å². The van der Waals surface area contributed by atoms with Crippen LogP contribution in [0.5, 0.6) is 0 Å². The summed E-state index contributed by atoms with van der Waals surface area (Å²) in [5.41, 5.74) is 0. The Morgan fingerprint density at radius 2 is 1.42 bits per heavy atom. The zero-order valence-electron chi connectivity index (χ0n) is 7.31. The molecular formula is C6H14NaO4P. The van der Waals surface area contributed by atoms with Gasteiger partial charge in [-0.05, 0) is 0 Å². The molecule has 1 aliphatic rings. The third kappa shape index (κ3) is 13.7. The second-order valence-electron chi connectivity index (χ2n) is 3.26. The first-order chi connectivity index (χ1) is 5.39. The fourth-order valence-electron chi connectivity index (χ4n) is 1.31. The van der Waals surface area contributed by atoms with E-state index in [-0.39, 0.29) is 0 Å². The molecule has 0 heterocycles. The number of phosphoric acid groups is 1. The molecule has 0 saturated heterocycles. The Labute approximate surface area is 90.0 Å². The van der Waals surface area contributed by atoms with E-state index in [1.54, 1.807) is 12.8 Å². The molecule has 0 radical (unpaired) electrons. The van der Waals surface area contributed by atoms with Gasteiger partial charge in [0, 0.05) is 0 Å². The molecule has 0 bridgehead atoms. The molecule has 0 atom stereocenters. The molecule has 3 N–H and O–H groups in total. The summed E-state index contributed by atoms with van der Waals surface area (Å²) < 4.78 is 10.1. The van der Waals surface area contributed by atoms with Crippen molar-refractivity contribution in [2.75, 3.05) is 0 Å². The third-order valence-electron chi connectivity index (χ3n) is 1.89. The molecule has 0 aromatic carbocycles. The quantitative estimate of drug-likeness (QED) is 0.406. The Kier molecular flexibility index (Phi) is 7.15. The molecule has 1 saturated carbocycles.